The van der Waals surface area contributed by atoms with E-state index in [1.807, 2.05) is 11.6 Å². The quantitative estimate of drug-likeness (QED) is 0.616. The van der Waals surface area contributed by atoms with E-state index in [0.29, 0.717) is 11.9 Å². The Morgan fingerprint density at radius 1 is 1.55 bits per heavy atom. The van der Waals surface area contributed by atoms with Crippen molar-refractivity contribution in [2.24, 2.45) is 22.6 Å². The molecule has 0 spiro atoms. The number of nitrogens with zero attached hydrogens (tertiary/aromatic N) is 3. The van der Waals surface area contributed by atoms with E-state index in [1.165, 1.54) is 25.0 Å². The van der Waals surface area contributed by atoms with Crippen LogP contribution in [-0.2, 0) is 6.54 Å². The minimum absolute atomic E-state index is 0.428. The summed E-state index contributed by atoms with van der Waals surface area (Å²) >= 11 is 0. The molecule has 5 heteroatoms. The van der Waals surface area contributed by atoms with Crippen molar-refractivity contribution in [1.29, 1.82) is 0 Å². The molecule has 0 saturated heterocycles. The molecule has 0 amide bonds. The van der Waals surface area contributed by atoms with Gasteiger partial charge in [0, 0.05) is 25.3 Å². The Morgan fingerprint density at radius 2 is 2.30 bits per heavy atom. The Bertz CT molecular complexity index is 459. The molecule has 1 atom stereocenters. The highest BCUT2D eigenvalue weighted by Crippen LogP contribution is 2.24. The summed E-state index contributed by atoms with van der Waals surface area (Å²) in [5.74, 6) is 1.81. The van der Waals surface area contributed by atoms with Crippen molar-refractivity contribution in [3.8, 4) is 0 Å². The van der Waals surface area contributed by atoms with Crippen LogP contribution in [0.3, 0.4) is 0 Å². The molecule has 1 aromatic rings. The van der Waals surface area contributed by atoms with Gasteiger partial charge in [0.1, 0.15) is 0 Å². The topological polar surface area (TPSA) is 68.2 Å². The maximum Gasteiger partial charge on any atom is 0.188 e. The molecular formula is C15H27N5. The highest BCUT2D eigenvalue weighted by atomic mass is 15.3. The first-order valence-electron chi connectivity index (χ1n) is 7.59. The van der Waals surface area contributed by atoms with Gasteiger partial charge in [0.2, 0.25) is 0 Å². The summed E-state index contributed by atoms with van der Waals surface area (Å²) in [6, 6.07) is 2.10. The number of rotatable bonds is 6. The van der Waals surface area contributed by atoms with E-state index in [4.69, 9.17) is 5.73 Å². The highest BCUT2D eigenvalue weighted by Gasteiger charge is 2.16. The summed E-state index contributed by atoms with van der Waals surface area (Å²) < 4.78 is 2.05. The molecule has 1 fully saturated rings. The number of nitrogens with two attached hydrogens (primary N) is 1. The van der Waals surface area contributed by atoms with E-state index in [9.17, 15) is 0 Å². The molecule has 0 aliphatic heterocycles. The van der Waals surface area contributed by atoms with Crippen molar-refractivity contribution in [2.45, 2.75) is 46.6 Å². The lowest BCUT2D eigenvalue weighted by Gasteiger charge is -2.25. The van der Waals surface area contributed by atoms with Gasteiger partial charge in [-0.3, -0.25) is 9.67 Å². The third-order valence-electron chi connectivity index (χ3n) is 3.96. The number of hydrogen-bond acceptors (Lipinski definition) is 2. The zero-order valence-corrected chi connectivity index (χ0v) is 12.9. The molecule has 2 rings (SSSR count). The van der Waals surface area contributed by atoms with E-state index in [-0.39, 0.29) is 0 Å². The first-order valence-corrected chi connectivity index (χ1v) is 7.59. The zero-order valence-electron chi connectivity index (χ0n) is 12.9. The molecule has 1 heterocycles. The fourth-order valence-electron chi connectivity index (χ4n) is 2.47. The molecule has 20 heavy (non-hydrogen) atoms. The Morgan fingerprint density at radius 3 is 2.85 bits per heavy atom. The summed E-state index contributed by atoms with van der Waals surface area (Å²) in [4.78, 5) is 4.43. The van der Waals surface area contributed by atoms with Gasteiger partial charge in [-0.15, -0.1) is 0 Å². The van der Waals surface area contributed by atoms with Gasteiger partial charge in [0.25, 0.3) is 0 Å². The monoisotopic (exact) mass is 277 g/mol. The summed E-state index contributed by atoms with van der Waals surface area (Å²) in [5, 5.41) is 7.70. The first-order chi connectivity index (χ1) is 9.54. The third-order valence-corrected chi connectivity index (χ3v) is 3.96. The van der Waals surface area contributed by atoms with Crippen LogP contribution in [0.15, 0.2) is 11.1 Å². The highest BCUT2D eigenvalue weighted by molar-refractivity contribution is 5.77. The summed E-state index contributed by atoms with van der Waals surface area (Å²) in [7, 11) is 0. The molecule has 1 aliphatic rings. The number of aliphatic imine (C=N–C) groups is 1. The normalized spacial score (nSPS) is 17.9. The molecule has 0 aromatic carbocycles. The minimum Gasteiger partial charge on any atom is -0.370 e. The second-order valence-corrected chi connectivity index (χ2v) is 6.12. The average molecular weight is 277 g/mol. The molecule has 1 aliphatic carbocycles. The van der Waals surface area contributed by atoms with E-state index >= 15 is 0 Å². The van der Waals surface area contributed by atoms with E-state index in [2.05, 4.69) is 35.3 Å². The Balaban J connectivity index is 1.72. The van der Waals surface area contributed by atoms with Crippen molar-refractivity contribution < 1.29 is 0 Å². The van der Waals surface area contributed by atoms with Crippen molar-refractivity contribution >= 4 is 5.96 Å². The Labute approximate surface area is 121 Å². The standard InChI is InChI=1S/C15H27N5/c1-11(10-20-13(3)7-12(2)19-20)8-17-15(16)18-9-14-5-4-6-14/h7,11,14H,4-6,8-10H2,1-3H3,(H3,16,17,18). The largest absolute Gasteiger partial charge is 0.370 e. The van der Waals surface area contributed by atoms with Crippen molar-refractivity contribution in [1.82, 2.24) is 15.1 Å². The lowest BCUT2D eigenvalue weighted by molar-refractivity contribution is 0.315. The number of nitrogens with one attached hydrogen (secondary N) is 1. The Kier molecular flexibility index (Phi) is 5.04. The van der Waals surface area contributed by atoms with E-state index < -0.39 is 0 Å². The third kappa shape index (κ3) is 4.25. The van der Waals surface area contributed by atoms with Crippen molar-refractivity contribution in [3.05, 3.63) is 17.5 Å². The predicted molar refractivity (Wildman–Crippen MR) is 82.7 cm³/mol. The fraction of sp³-hybridized carbons (Fsp3) is 0.733. The molecule has 1 unspecified atom stereocenters. The maximum absolute atomic E-state index is 5.89. The van der Waals surface area contributed by atoms with Gasteiger partial charge < -0.3 is 11.1 Å². The molecule has 3 N–H and O–H groups in total. The van der Waals surface area contributed by atoms with Crippen LogP contribution in [0.2, 0.25) is 0 Å². The van der Waals surface area contributed by atoms with Gasteiger partial charge in [-0.25, -0.2) is 0 Å². The van der Waals surface area contributed by atoms with Crippen molar-refractivity contribution in [3.63, 3.8) is 0 Å². The van der Waals surface area contributed by atoms with Crippen LogP contribution in [0.4, 0.5) is 0 Å². The van der Waals surface area contributed by atoms with Gasteiger partial charge in [-0.05, 0) is 44.6 Å². The first kappa shape index (κ1) is 14.9. The smallest absolute Gasteiger partial charge is 0.188 e. The number of aromatic nitrogens is 2. The fourth-order valence-corrected chi connectivity index (χ4v) is 2.47. The van der Waals surface area contributed by atoms with Gasteiger partial charge in [-0.2, -0.15) is 5.10 Å². The predicted octanol–water partition coefficient (Wildman–Crippen LogP) is 1.84. The average Bonchev–Trinajstić information content (AvgIpc) is 2.63. The SMILES string of the molecule is Cc1cc(C)n(CC(C)CN=C(N)NCC2CCC2)n1. The number of aryl methyl sites for hydroxylation is 2. The van der Waals surface area contributed by atoms with Gasteiger partial charge in [-0.1, -0.05) is 13.3 Å². The van der Waals surface area contributed by atoms with Gasteiger partial charge in [0.15, 0.2) is 5.96 Å². The zero-order chi connectivity index (χ0) is 14.5. The van der Waals surface area contributed by atoms with Gasteiger partial charge >= 0.3 is 0 Å². The van der Waals surface area contributed by atoms with Crippen LogP contribution in [0.1, 0.15) is 37.6 Å². The number of hydrogen-bond donors (Lipinski definition) is 2. The molecular weight excluding hydrogens is 250 g/mol. The number of guanidine groups is 1. The molecule has 5 nitrogen and oxygen atoms in total. The molecule has 1 saturated carbocycles. The van der Waals surface area contributed by atoms with Crippen LogP contribution in [-0.4, -0.2) is 28.8 Å². The van der Waals surface area contributed by atoms with Crippen LogP contribution in [0.25, 0.3) is 0 Å². The molecule has 112 valence electrons. The van der Waals surface area contributed by atoms with Crippen LogP contribution >= 0.6 is 0 Å². The second-order valence-electron chi connectivity index (χ2n) is 6.12. The lowest BCUT2D eigenvalue weighted by atomic mass is 9.85. The van der Waals surface area contributed by atoms with Crippen LogP contribution in [0.5, 0.6) is 0 Å². The maximum atomic E-state index is 5.89. The van der Waals surface area contributed by atoms with Gasteiger partial charge in [0.05, 0.1) is 5.69 Å². The minimum atomic E-state index is 0.428. The van der Waals surface area contributed by atoms with E-state index in [0.717, 1.165) is 31.2 Å². The van der Waals surface area contributed by atoms with Crippen LogP contribution < -0.4 is 11.1 Å². The summed E-state index contributed by atoms with van der Waals surface area (Å²) in [6.07, 6.45) is 4.02. The summed E-state index contributed by atoms with van der Waals surface area (Å²) in [6.45, 7) is 8.89. The lowest BCUT2D eigenvalue weighted by Crippen LogP contribution is -2.37. The van der Waals surface area contributed by atoms with E-state index in [1.54, 1.807) is 0 Å². The van der Waals surface area contributed by atoms with Crippen LogP contribution in [0, 0.1) is 25.7 Å². The molecule has 0 bridgehead atoms. The Hall–Kier alpha value is -1.52. The van der Waals surface area contributed by atoms with Crippen molar-refractivity contribution in [2.75, 3.05) is 13.1 Å². The second kappa shape index (κ2) is 6.77. The summed E-state index contributed by atoms with van der Waals surface area (Å²) in [5.41, 5.74) is 8.17. The molecule has 1 aromatic heterocycles. The molecule has 0 radical (unpaired) electrons.